The Labute approximate surface area is 90.7 Å². The molecule has 0 bridgehead atoms. The summed E-state index contributed by atoms with van der Waals surface area (Å²) in [4.78, 5) is 2.50. The van der Waals surface area contributed by atoms with E-state index in [1.807, 2.05) is 11.8 Å². The number of nitrogens with zero attached hydrogens (tertiary/aromatic N) is 1. The highest BCUT2D eigenvalue weighted by Gasteiger charge is 2.16. The molecule has 0 aromatic rings. The summed E-state index contributed by atoms with van der Waals surface area (Å²) in [5, 5.41) is 17.7. The van der Waals surface area contributed by atoms with E-state index in [-0.39, 0.29) is 19.3 Å². The van der Waals surface area contributed by atoms with E-state index < -0.39 is 0 Å². The van der Waals surface area contributed by atoms with Gasteiger partial charge in [0.25, 0.3) is 0 Å². The van der Waals surface area contributed by atoms with E-state index in [9.17, 15) is 0 Å². The standard InChI is InChI=1S/C9H20N2O2S/c1-2-8(7-9(10)14)11(3-5-12)4-6-13/h8,12-13H,2-7H2,1H3,(H2,10,14). The third-order valence-electron chi connectivity index (χ3n) is 2.20. The zero-order valence-corrected chi connectivity index (χ0v) is 9.46. The summed E-state index contributed by atoms with van der Waals surface area (Å²) < 4.78 is 0. The summed E-state index contributed by atoms with van der Waals surface area (Å²) in [7, 11) is 0. The molecule has 0 saturated carbocycles. The lowest BCUT2D eigenvalue weighted by Crippen LogP contribution is -2.41. The molecule has 0 aliphatic rings. The highest BCUT2D eigenvalue weighted by Crippen LogP contribution is 2.08. The predicted molar refractivity (Wildman–Crippen MR) is 61.2 cm³/mol. The zero-order chi connectivity index (χ0) is 11.0. The van der Waals surface area contributed by atoms with E-state index in [0.29, 0.717) is 24.5 Å². The first kappa shape index (κ1) is 13.8. The number of thiocarbonyl (C=S) groups is 1. The lowest BCUT2D eigenvalue weighted by molar-refractivity contribution is 0.122. The van der Waals surface area contributed by atoms with Crippen molar-refractivity contribution in [1.82, 2.24) is 4.90 Å². The third kappa shape index (κ3) is 5.49. The molecule has 0 fully saturated rings. The second-order valence-electron chi connectivity index (χ2n) is 3.22. The number of nitrogens with two attached hydrogens (primary N) is 1. The topological polar surface area (TPSA) is 69.7 Å². The lowest BCUT2D eigenvalue weighted by atomic mass is 10.1. The van der Waals surface area contributed by atoms with Crippen molar-refractivity contribution in [3.05, 3.63) is 0 Å². The molecule has 1 unspecified atom stereocenters. The average molecular weight is 220 g/mol. The number of aliphatic hydroxyl groups is 2. The van der Waals surface area contributed by atoms with Crippen molar-refractivity contribution >= 4 is 17.2 Å². The Bertz CT molecular complexity index is 161. The molecule has 0 heterocycles. The molecule has 4 N–H and O–H groups in total. The van der Waals surface area contributed by atoms with Crippen molar-refractivity contribution < 1.29 is 10.2 Å². The number of rotatable bonds is 8. The van der Waals surface area contributed by atoms with E-state index in [4.69, 9.17) is 28.2 Å². The van der Waals surface area contributed by atoms with Gasteiger partial charge in [0.15, 0.2) is 0 Å². The molecule has 14 heavy (non-hydrogen) atoms. The van der Waals surface area contributed by atoms with Gasteiger partial charge in [-0.3, -0.25) is 4.90 Å². The van der Waals surface area contributed by atoms with Gasteiger partial charge >= 0.3 is 0 Å². The van der Waals surface area contributed by atoms with Gasteiger partial charge in [0.2, 0.25) is 0 Å². The quantitative estimate of drug-likeness (QED) is 0.491. The normalized spacial score (nSPS) is 13.1. The molecule has 0 aromatic heterocycles. The molecular formula is C9H20N2O2S. The van der Waals surface area contributed by atoms with Crippen LogP contribution in [0.3, 0.4) is 0 Å². The Kier molecular flexibility index (Phi) is 7.98. The maximum absolute atomic E-state index is 8.85. The van der Waals surface area contributed by atoms with Gasteiger partial charge in [-0.25, -0.2) is 0 Å². The molecular weight excluding hydrogens is 200 g/mol. The fourth-order valence-corrected chi connectivity index (χ4v) is 1.69. The summed E-state index contributed by atoms with van der Waals surface area (Å²) in [6.07, 6.45) is 1.56. The smallest absolute Gasteiger partial charge is 0.0743 e. The minimum absolute atomic E-state index is 0.0911. The molecule has 0 amide bonds. The Balaban J connectivity index is 4.16. The molecule has 0 saturated heterocycles. The predicted octanol–water partition coefficient (Wildman–Crippen LogP) is -0.272. The van der Waals surface area contributed by atoms with Crippen LogP contribution in [0.25, 0.3) is 0 Å². The van der Waals surface area contributed by atoms with Gasteiger partial charge < -0.3 is 15.9 Å². The molecule has 84 valence electrons. The van der Waals surface area contributed by atoms with Crippen LogP contribution in [0.15, 0.2) is 0 Å². The summed E-state index contributed by atoms with van der Waals surface area (Å²) in [5.74, 6) is 0. The minimum atomic E-state index is 0.0911. The SMILES string of the molecule is CCC(CC(N)=S)N(CCO)CCO. The zero-order valence-electron chi connectivity index (χ0n) is 8.65. The molecule has 0 radical (unpaired) electrons. The molecule has 0 spiro atoms. The van der Waals surface area contributed by atoms with Gasteiger partial charge in [0, 0.05) is 25.6 Å². The monoisotopic (exact) mass is 220 g/mol. The molecule has 0 aromatic carbocycles. The highest BCUT2D eigenvalue weighted by atomic mass is 32.1. The van der Waals surface area contributed by atoms with Gasteiger partial charge in [0.1, 0.15) is 0 Å². The molecule has 4 nitrogen and oxygen atoms in total. The number of hydrogen-bond acceptors (Lipinski definition) is 4. The van der Waals surface area contributed by atoms with Crippen molar-refractivity contribution in [2.75, 3.05) is 26.3 Å². The van der Waals surface area contributed by atoms with Crippen molar-refractivity contribution in [1.29, 1.82) is 0 Å². The summed E-state index contributed by atoms with van der Waals surface area (Å²) in [6.45, 7) is 3.34. The van der Waals surface area contributed by atoms with Crippen LogP contribution in [-0.2, 0) is 0 Å². The fraction of sp³-hybridized carbons (Fsp3) is 0.889. The van der Waals surface area contributed by atoms with Gasteiger partial charge in [0.05, 0.1) is 18.2 Å². The van der Waals surface area contributed by atoms with Gasteiger partial charge in [-0.15, -0.1) is 0 Å². The van der Waals surface area contributed by atoms with Gasteiger partial charge in [-0.2, -0.15) is 0 Å². The van der Waals surface area contributed by atoms with Crippen LogP contribution in [0.4, 0.5) is 0 Å². The molecule has 5 heteroatoms. The van der Waals surface area contributed by atoms with Gasteiger partial charge in [-0.05, 0) is 6.42 Å². The maximum atomic E-state index is 8.85. The summed E-state index contributed by atoms with van der Waals surface area (Å²) in [5.41, 5.74) is 5.48. The van der Waals surface area contributed by atoms with Crippen LogP contribution in [0.5, 0.6) is 0 Å². The third-order valence-corrected chi connectivity index (χ3v) is 2.37. The highest BCUT2D eigenvalue weighted by molar-refractivity contribution is 7.80. The van der Waals surface area contributed by atoms with Crippen LogP contribution < -0.4 is 5.73 Å². The van der Waals surface area contributed by atoms with E-state index in [0.717, 1.165) is 6.42 Å². The molecule has 0 aliphatic carbocycles. The summed E-state index contributed by atoms with van der Waals surface area (Å²) in [6, 6.07) is 0.229. The van der Waals surface area contributed by atoms with Crippen molar-refractivity contribution in [3.8, 4) is 0 Å². The largest absolute Gasteiger partial charge is 0.395 e. The Hall–Kier alpha value is -0.230. The second-order valence-corrected chi connectivity index (χ2v) is 3.74. The van der Waals surface area contributed by atoms with Crippen LogP contribution >= 0.6 is 12.2 Å². The minimum Gasteiger partial charge on any atom is -0.395 e. The maximum Gasteiger partial charge on any atom is 0.0743 e. The van der Waals surface area contributed by atoms with E-state index in [1.165, 1.54) is 0 Å². The Morgan fingerprint density at radius 3 is 2.14 bits per heavy atom. The van der Waals surface area contributed by atoms with Crippen LogP contribution in [0, 0.1) is 0 Å². The van der Waals surface area contributed by atoms with Crippen LogP contribution in [0.1, 0.15) is 19.8 Å². The van der Waals surface area contributed by atoms with E-state index in [1.54, 1.807) is 0 Å². The number of aliphatic hydroxyl groups excluding tert-OH is 2. The van der Waals surface area contributed by atoms with Crippen LogP contribution in [0.2, 0.25) is 0 Å². The molecule has 0 rings (SSSR count). The summed E-state index contributed by atoms with van der Waals surface area (Å²) >= 11 is 4.85. The van der Waals surface area contributed by atoms with Gasteiger partial charge in [-0.1, -0.05) is 19.1 Å². The first-order chi connectivity index (χ1) is 6.65. The van der Waals surface area contributed by atoms with Crippen molar-refractivity contribution in [2.24, 2.45) is 5.73 Å². The second kappa shape index (κ2) is 8.11. The van der Waals surface area contributed by atoms with Crippen molar-refractivity contribution in [3.63, 3.8) is 0 Å². The van der Waals surface area contributed by atoms with Crippen molar-refractivity contribution in [2.45, 2.75) is 25.8 Å². The van der Waals surface area contributed by atoms with E-state index >= 15 is 0 Å². The Morgan fingerprint density at radius 2 is 1.86 bits per heavy atom. The fourth-order valence-electron chi connectivity index (χ4n) is 1.50. The van der Waals surface area contributed by atoms with Crippen LogP contribution in [-0.4, -0.2) is 52.4 Å². The molecule has 0 aliphatic heterocycles. The lowest BCUT2D eigenvalue weighted by Gasteiger charge is -2.29. The molecule has 1 atom stereocenters. The first-order valence-electron chi connectivity index (χ1n) is 4.89. The first-order valence-corrected chi connectivity index (χ1v) is 5.30. The Morgan fingerprint density at radius 1 is 1.36 bits per heavy atom. The number of hydrogen-bond donors (Lipinski definition) is 3. The van der Waals surface area contributed by atoms with E-state index in [2.05, 4.69) is 0 Å². The average Bonchev–Trinajstić information content (AvgIpc) is 2.13.